The zero-order chi connectivity index (χ0) is 23.3. The Hall–Kier alpha value is -4.20. The molecule has 0 saturated carbocycles. The highest BCUT2D eigenvalue weighted by atomic mass is 19.1. The van der Waals surface area contributed by atoms with Gasteiger partial charge in [-0.1, -0.05) is 18.2 Å². The summed E-state index contributed by atoms with van der Waals surface area (Å²) in [7, 11) is 0. The molecule has 8 heteroatoms. The minimum Gasteiger partial charge on any atom is -0.505 e. The van der Waals surface area contributed by atoms with Gasteiger partial charge in [0.05, 0.1) is 30.1 Å². The van der Waals surface area contributed by atoms with Gasteiger partial charge in [0.15, 0.2) is 5.76 Å². The van der Waals surface area contributed by atoms with Crippen LogP contribution in [0.1, 0.15) is 34.3 Å². The average molecular weight is 445 g/mol. The number of Topliss-reactive ketones (excluding diaryl/α,β-unsaturated/α-hetero) is 1. The summed E-state index contributed by atoms with van der Waals surface area (Å²) in [4.78, 5) is 32.1. The van der Waals surface area contributed by atoms with Crippen LogP contribution < -0.4 is 0 Å². The summed E-state index contributed by atoms with van der Waals surface area (Å²) < 4.78 is 20.8. The number of imidazole rings is 1. The average Bonchev–Trinajstić information content (AvgIpc) is 3.49. The van der Waals surface area contributed by atoms with E-state index in [1.807, 2.05) is 29.7 Å². The minimum absolute atomic E-state index is 0.0135. The van der Waals surface area contributed by atoms with Crippen molar-refractivity contribution >= 4 is 23.1 Å². The van der Waals surface area contributed by atoms with Gasteiger partial charge in [-0.15, -0.1) is 0 Å². The molecule has 3 aromatic heterocycles. The van der Waals surface area contributed by atoms with Crippen molar-refractivity contribution in [3.05, 3.63) is 101 Å². The molecule has 0 bridgehead atoms. The molecule has 1 N–H and O–H groups in total. The maximum atomic E-state index is 13.6. The Morgan fingerprint density at radius 3 is 2.55 bits per heavy atom. The number of aryl methyl sites for hydroxylation is 2. The van der Waals surface area contributed by atoms with Gasteiger partial charge in [0.25, 0.3) is 11.7 Å². The predicted octanol–water partition coefficient (Wildman–Crippen LogP) is 4.31. The lowest BCUT2D eigenvalue weighted by Gasteiger charge is -2.24. The fourth-order valence-electron chi connectivity index (χ4n) is 4.28. The predicted molar refractivity (Wildman–Crippen MR) is 118 cm³/mol. The zero-order valence-electron chi connectivity index (χ0n) is 17.9. The monoisotopic (exact) mass is 445 g/mol. The van der Waals surface area contributed by atoms with E-state index in [0.29, 0.717) is 22.7 Å². The first-order valence-electron chi connectivity index (χ1n) is 10.4. The first-order valence-corrected chi connectivity index (χ1v) is 10.4. The van der Waals surface area contributed by atoms with Crippen molar-refractivity contribution in [3.63, 3.8) is 0 Å². The van der Waals surface area contributed by atoms with E-state index in [9.17, 15) is 19.1 Å². The van der Waals surface area contributed by atoms with E-state index < -0.39 is 23.5 Å². The molecule has 1 atom stereocenters. The van der Waals surface area contributed by atoms with Gasteiger partial charge < -0.3 is 18.8 Å². The second kappa shape index (κ2) is 7.74. The smallest absolute Gasteiger partial charge is 0.296 e. The van der Waals surface area contributed by atoms with Gasteiger partial charge in [0.2, 0.25) is 0 Å². The number of carbonyl (C=O) groups is 2. The molecule has 1 aliphatic rings. The molecule has 1 saturated heterocycles. The van der Waals surface area contributed by atoms with Gasteiger partial charge in [0, 0.05) is 6.20 Å². The Labute approximate surface area is 188 Å². The standard InChI is InChI=1S/C25H20FN3O4/c1-14-5-3-11-28-15(2)20(27-24(14)28)22(30)19-21(16-7-9-17(26)10-8-16)29(25(32)23(19)31)13-18-6-4-12-33-18/h3-12,21,30H,13H2,1-2H3. The molecule has 33 heavy (non-hydrogen) atoms. The molecule has 166 valence electrons. The number of hydrogen-bond acceptors (Lipinski definition) is 5. The molecular formula is C25H20FN3O4. The molecule has 5 rings (SSSR count). The molecule has 0 spiro atoms. The third-order valence-corrected chi connectivity index (χ3v) is 5.94. The normalized spacial score (nSPS) is 17.9. The molecule has 0 radical (unpaired) electrons. The Bertz CT molecular complexity index is 1420. The zero-order valence-corrected chi connectivity index (χ0v) is 17.9. The van der Waals surface area contributed by atoms with Gasteiger partial charge in [-0.2, -0.15) is 0 Å². The number of likely N-dealkylation sites (tertiary alicyclic amines) is 1. The van der Waals surface area contributed by atoms with E-state index in [1.54, 1.807) is 19.1 Å². The topological polar surface area (TPSA) is 88.0 Å². The number of halogens is 1. The Morgan fingerprint density at radius 2 is 1.88 bits per heavy atom. The molecule has 4 heterocycles. The number of hydrogen-bond donors (Lipinski definition) is 1. The third-order valence-electron chi connectivity index (χ3n) is 5.94. The summed E-state index contributed by atoms with van der Waals surface area (Å²) in [6.45, 7) is 3.69. The van der Waals surface area contributed by atoms with Gasteiger partial charge >= 0.3 is 0 Å². The molecule has 7 nitrogen and oxygen atoms in total. The second-order valence-corrected chi connectivity index (χ2v) is 7.99. The summed E-state index contributed by atoms with van der Waals surface area (Å²) in [6, 6.07) is 11.7. The molecule has 1 amide bonds. The van der Waals surface area contributed by atoms with Gasteiger partial charge in [-0.3, -0.25) is 9.59 Å². The van der Waals surface area contributed by atoms with Crippen LogP contribution in [0.5, 0.6) is 0 Å². The number of rotatable bonds is 4. The highest BCUT2D eigenvalue weighted by Gasteiger charge is 2.46. The van der Waals surface area contributed by atoms with Crippen LogP contribution in [0.4, 0.5) is 4.39 Å². The summed E-state index contributed by atoms with van der Waals surface area (Å²) in [5.74, 6) is -1.96. The highest BCUT2D eigenvalue weighted by Crippen LogP contribution is 2.40. The number of benzene rings is 1. The Balaban J connectivity index is 1.71. The fourth-order valence-corrected chi connectivity index (χ4v) is 4.28. The maximum absolute atomic E-state index is 13.6. The number of carbonyl (C=O) groups excluding carboxylic acids is 2. The quantitative estimate of drug-likeness (QED) is 0.287. The van der Waals surface area contributed by atoms with E-state index in [4.69, 9.17) is 4.42 Å². The summed E-state index contributed by atoms with van der Waals surface area (Å²) in [6.07, 6.45) is 3.29. The summed E-state index contributed by atoms with van der Waals surface area (Å²) in [5, 5.41) is 11.3. The lowest BCUT2D eigenvalue weighted by molar-refractivity contribution is -0.140. The van der Waals surface area contributed by atoms with Crippen molar-refractivity contribution < 1.29 is 23.5 Å². The molecule has 1 unspecified atom stereocenters. The Morgan fingerprint density at radius 1 is 1.12 bits per heavy atom. The lowest BCUT2D eigenvalue weighted by atomic mass is 9.96. The van der Waals surface area contributed by atoms with Crippen molar-refractivity contribution in [2.45, 2.75) is 26.4 Å². The van der Waals surface area contributed by atoms with Gasteiger partial charge in [-0.05, 0) is 55.3 Å². The van der Waals surface area contributed by atoms with Crippen molar-refractivity contribution in [1.29, 1.82) is 0 Å². The number of aliphatic hydroxyl groups excluding tert-OH is 1. The number of nitrogens with zero attached hydrogens (tertiary/aromatic N) is 3. The van der Waals surface area contributed by atoms with E-state index in [-0.39, 0.29) is 23.6 Å². The van der Waals surface area contributed by atoms with Crippen LogP contribution in [0.3, 0.4) is 0 Å². The van der Waals surface area contributed by atoms with E-state index in [1.165, 1.54) is 35.4 Å². The first-order chi connectivity index (χ1) is 15.9. The summed E-state index contributed by atoms with van der Waals surface area (Å²) in [5.41, 5.74) is 2.77. The van der Waals surface area contributed by atoms with Gasteiger partial charge in [0.1, 0.15) is 22.9 Å². The van der Waals surface area contributed by atoms with E-state index in [0.717, 1.165) is 5.56 Å². The number of ketones is 1. The van der Waals surface area contributed by atoms with Crippen LogP contribution in [0.15, 0.2) is 71.0 Å². The van der Waals surface area contributed by atoms with Crippen molar-refractivity contribution in [2.75, 3.05) is 0 Å². The lowest BCUT2D eigenvalue weighted by Crippen LogP contribution is -2.29. The van der Waals surface area contributed by atoms with E-state index >= 15 is 0 Å². The third kappa shape index (κ3) is 3.31. The SMILES string of the molecule is Cc1cccn2c(C)c(C(O)=C3C(=O)C(=O)N(Cc4ccco4)C3c3ccc(F)cc3)nc12. The van der Waals surface area contributed by atoms with Crippen LogP contribution in [-0.4, -0.2) is 31.1 Å². The van der Waals surface area contributed by atoms with Crippen molar-refractivity contribution in [1.82, 2.24) is 14.3 Å². The molecule has 0 aliphatic carbocycles. The number of amides is 1. The summed E-state index contributed by atoms with van der Waals surface area (Å²) >= 11 is 0. The number of aromatic nitrogens is 2. The van der Waals surface area contributed by atoms with Crippen LogP contribution in [0.2, 0.25) is 0 Å². The van der Waals surface area contributed by atoms with Crippen molar-refractivity contribution in [2.24, 2.45) is 0 Å². The Kier molecular flexibility index (Phi) is 4.85. The molecule has 1 aliphatic heterocycles. The van der Waals surface area contributed by atoms with Crippen LogP contribution in [-0.2, 0) is 16.1 Å². The van der Waals surface area contributed by atoms with Crippen molar-refractivity contribution in [3.8, 4) is 0 Å². The van der Waals surface area contributed by atoms with Crippen LogP contribution in [0, 0.1) is 19.7 Å². The number of pyridine rings is 1. The second-order valence-electron chi connectivity index (χ2n) is 7.99. The molecule has 4 aromatic rings. The number of aliphatic hydroxyl groups is 1. The molecule has 1 fully saturated rings. The molecular weight excluding hydrogens is 425 g/mol. The number of furan rings is 1. The minimum atomic E-state index is -0.930. The number of fused-ring (bicyclic) bond motifs is 1. The maximum Gasteiger partial charge on any atom is 0.296 e. The fraction of sp³-hybridized carbons (Fsp3) is 0.160. The van der Waals surface area contributed by atoms with Crippen LogP contribution in [0.25, 0.3) is 11.4 Å². The molecule has 1 aromatic carbocycles. The van der Waals surface area contributed by atoms with Crippen LogP contribution >= 0.6 is 0 Å². The largest absolute Gasteiger partial charge is 0.505 e. The van der Waals surface area contributed by atoms with E-state index in [2.05, 4.69) is 4.98 Å². The van der Waals surface area contributed by atoms with Gasteiger partial charge in [-0.25, -0.2) is 9.37 Å². The highest BCUT2D eigenvalue weighted by molar-refractivity contribution is 6.46. The first kappa shape index (κ1) is 20.7.